The van der Waals surface area contributed by atoms with Crippen LogP contribution < -0.4 is 10.6 Å². The van der Waals surface area contributed by atoms with Crippen molar-refractivity contribution in [2.45, 2.75) is 40.2 Å². The Labute approximate surface area is 147 Å². The Morgan fingerprint density at radius 3 is 2.36 bits per heavy atom. The molecule has 1 aromatic carbocycles. The first kappa shape index (κ1) is 18.7. The molecule has 0 aliphatic heterocycles. The molecule has 2 N–H and O–H groups in total. The molecule has 0 saturated heterocycles. The van der Waals surface area contributed by atoms with Gasteiger partial charge >= 0.3 is 0 Å². The molecule has 1 amide bonds. The van der Waals surface area contributed by atoms with Gasteiger partial charge in [-0.1, -0.05) is 0 Å². The zero-order valence-electron chi connectivity index (χ0n) is 15.2. The highest BCUT2D eigenvalue weighted by Crippen LogP contribution is 2.30. The number of benzene rings is 1. The van der Waals surface area contributed by atoms with Crippen LogP contribution in [0.1, 0.15) is 37.6 Å². The van der Waals surface area contributed by atoms with E-state index in [1.807, 2.05) is 34.6 Å². The van der Waals surface area contributed by atoms with Gasteiger partial charge in [-0.2, -0.15) is 5.26 Å². The van der Waals surface area contributed by atoms with Gasteiger partial charge in [0.05, 0.1) is 12.1 Å². The largest absolute Gasteiger partial charge is 0.310 e. The van der Waals surface area contributed by atoms with Crippen LogP contribution in [0.4, 0.5) is 10.2 Å². The topological polar surface area (TPSA) is 69.8 Å². The van der Waals surface area contributed by atoms with Gasteiger partial charge < -0.3 is 10.6 Å². The minimum absolute atomic E-state index is 0.126. The van der Waals surface area contributed by atoms with E-state index in [-0.39, 0.29) is 23.8 Å². The summed E-state index contributed by atoms with van der Waals surface area (Å²) in [6, 6.07) is 8.09. The average molecular weight is 342 g/mol. The molecular formula is C19H23FN4O. The predicted octanol–water partition coefficient (Wildman–Crippen LogP) is 3.43. The van der Waals surface area contributed by atoms with Crippen LogP contribution in [0.25, 0.3) is 5.69 Å². The maximum Gasteiger partial charge on any atom is 0.239 e. The van der Waals surface area contributed by atoms with Crippen molar-refractivity contribution in [1.82, 2.24) is 9.88 Å². The molecule has 1 aromatic heterocycles. The Hall–Kier alpha value is -2.65. The van der Waals surface area contributed by atoms with Crippen molar-refractivity contribution >= 4 is 11.7 Å². The normalized spacial score (nSPS) is 11.2. The lowest BCUT2D eigenvalue weighted by atomic mass is 10.1. The molecule has 2 rings (SSSR count). The second-order valence-electron chi connectivity index (χ2n) is 7.01. The van der Waals surface area contributed by atoms with Gasteiger partial charge in [0, 0.05) is 16.9 Å². The lowest BCUT2D eigenvalue weighted by Crippen LogP contribution is -2.41. The molecule has 1 heterocycles. The minimum Gasteiger partial charge on any atom is -0.310 e. The number of nitriles is 1. The van der Waals surface area contributed by atoms with Gasteiger partial charge in [-0.25, -0.2) is 4.39 Å². The first-order chi connectivity index (χ1) is 11.6. The monoisotopic (exact) mass is 342 g/mol. The average Bonchev–Trinajstić information content (AvgIpc) is 2.76. The first-order valence-corrected chi connectivity index (χ1v) is 8.07. The van der Waals surface area contributed by atoms with Crippen LogP contribution >= 0.6 is 0 Å². The fourth-order valence-corrected chi connectivity index (χ4v) is 2.50. The number of rotatable bonds is 4. The summed E-state index contributed by atoms with van der Waals surface area (Å²) in [5, 5.41) is 15.4. The third-order valence-corrected chi connectivity index (χ3v) is 3.95. The second-order valence-corrected chi connectivity index (χ2v) is 7.01. The molecular weight excluding hydrogens is 319 g/mol. The number of nitrogens with one attached hydrogen (secondary N) is 2. The van der Waals surface area contributed by atoms with Crippen molar-refractivity contribution < 1.29 is 9.18 Å². The fourth-order valence-electron chi connectivity index (χ4n) is 2.50. The van der Waals surface area contributed by atoms with E-state index in [1.165, 1.54) is 12.1 Å². The summed E-state index contributed by atoms with van der Waals surface area (Å²) >= 11 is 0. The van der Waals surface area contributed by atoms with Crippen molar-refractivity contribution in [2.24, 2.45) is 0 Å². The number of hydrogen-bond acceptors (Lipinski definition) is 3. The van der Waals surface area contributed by atoms with Crippen LogP contribution in [0.15, 0.2) is 24.3 Å². The van der Waals surface area contributed by atoms with E-state index >= 15 is 0 Å². The number of carbonyl (C=O) groups excluding carboxylic acids is 1. The maximum absolute atomic E-state index is 13.2. The summed E-state index contributed by atoms with van der Waals surface area (Å²) in [6.45, 7) is 9.73. The fraction of sp³-hybridized carbons (Fsp3) is 0.368. The molecule has 0 atom stereocenters. The number of anilines is 1. The lowest BCUT2D eigenvalue weighted by molar-refractivity contribution is -0.115. The van der Waals surface area contributed by atoms with Gasteiger partial charge in [0.1, 0.15) is 17.7 Å². The molecule has 0 unspecified atom stereocenters. The van der Waals surface area contributed by atoms with Crippen molar-refractivity contribution in [3.05, 3.63) is 46.9 Å². The molecule has 0 bridgehead atoms. The van der Waals surface area contributed by atoms with Gasteiger partial charge in [-0.15, -0.1) is 0 Å². The van der Waals surface area contributed by atoms with Crippen LogP contribution in [-0.2, 0) is 4.79 Å². The van der Waals surface area contributed by atoms with Crippen LogP contribution in [0.2, 0.25) is 0 Å². The number of carbonyl (C=O) groups is 1. The molecule has 25 heavy (non-hydrogen) atoms. The third kappa shape index (κ3) is 4.25. The van der Waals surface area contributed by atoms with E-state index in [1.54, 1.807) is 16.7 Å². The summed E-state index contributed by atoms with van der Waals surface area (Å²) in [7, 11) is 0. The van der Waals surface area contributed by atoms with Gasteiger partial charge in [-0.05, 0) is 64.4 Å². The van der Waals surface area contributed by atoms with Crippen LogP contribution in [0.5, 0.6) is 0 Å². The van der Waals surface area contributed by atoms with Gasteiger partial charge in [0.2, 0.25) is 5.91 Å². The number of nitrogens with zero attached hydrogens (tertiary/aromatic N) is 2. The van der Waals surface area contributed by atoms with E-state index < -0.39 is 0 Å². The molecule has 132 valence electrons. The number of hydrogen-bond donors (Lipinski definition) is 2. The number of halogens is 1. The number of aromatic nitrogens is 1. The summed E-state index contributed by atoms with van der Waals surface area (Å²) in [5.74, 6) is -0.178. The zero-order valence-corrected chi connectivity index (χ0v) is 15.2. The summed E-state index contributed by atoms with van der Waals surface area (Å²) in [6.07, 6.45) is 0. The smallest absolute Gasteiger partial charge is 0.239 e. The molecule has 6 heteroatoms. The van der Waals surface area contributed by atoms with Crippen molar-refractivity contribution in [3.8, 4) is 11.8 Å². The third-order valence-electron chi connectivity index (χ3n) is 3.95. The maximum atomic E-state index is 13.2. The first-order valence-electron chi connectivity index (χ1n) is 8.07. The lowest BCUT2D eigenvalue weighted by Gasteiger charge is -2.20. The molecule has 0 fully saturated rings. The number of amides is 1. The molecule has 0 aliphatic rings. The Morgan fingerprint density at radius 2 is 1.84 bits per heavy atom. The Kier molecular flexibility index (Phi) is 5.29. The quantitative estimate of drug-likeness (QED) is 0.894. The van der Waals surface area contributed by atoms with Gasteiger partial charge in [0.25, 0.3) is 0 Å². The standard InChI is InChI=1S/C19H23FN4O/c1-12-13(2)24(15-8-6-14(20)7-9-15)18(16(12)10-21)23-17(25)11-22-19(3,4)5/h6-9,22H,11H2,1-5H3,(H,23,25). The van der Waals surface area contributed by atoms with Crippen LogP contribution in [0.3, 0.4) is 0 Å². The van der Waals surface area contributed by atoms with E-state index in [9.17, 15) is 14.4 Å². The molecule has 0 spiro atoms. The Bertz CT molecular complexity index is 823. The molecule has 0 saturated carbocycles. The van der Waals surface area contributed by atoms with E-state index in [4.69, 9.17) is 0 Å². The van der Waals surface area contributed by atoms with E-state index in [0.717, 1.165) is 11.3 Å². The molecule has 2 aromatic rings. The summed E-state index contributed by atoms with van der Waals surface area (Å²) in [4.78, 5) is 12.3. The SMILES string of the molecule is Cc1c(C#N)c(NC(=O)CNC(C)(C)C)n(-c2ccc(F)cc2)c1C. The van der Waals surface area contributed by atoms with Crippen LogP contribution in [0, 0.1) is 31.0 Å². The van der Waals surface area contributed by atoms with E-state index in [2.05, 4.69) is 16.7 Å². The molecule has 5 nitrogen and oxygen atoms in total. The Balaban J connectivity index is 2.42. The predicted molar refractivity (Wildman–Crippen MR) is 96.3 cm³/mol. The van der Waals surface area contributed by atoms with Gasteiger partial charge in [0.15, 0.2) is 0 Å². The minimum atomic E-state index is -0.342. The Morgan fingerprint density at radius 1 is 1.24 bits per heavy atom. The highest BCUT2D eigenvalue weighted by molar-refractivity contribution is 5.93. The second kappa shape index (κ2) is 7.08. The van der Waals surface area contributed by atoms with Crippen LogP contribution in [-0.4, -0.2) is 22.6 Å². The summed E-state index contributed by atoms with van der Waals surface area (Å²) in [5.41, 5.74) is 2.50. The van der Waals surface area contributed by atoms with Gasteiger partial charge in [-0.3, -0.25) is 9.36 Å². The summed E-state index contributed by atoms with van der Waals surface area (Å²) < 4.78 is 15.0. The van der Waals surface area contributed by atoms with Crippen molar-refractivity contribution in [2.75, 3.05) is 11.9 Å². The zero-order chi connectivity index (χ0) is 18.8. The van der Waals surface area contributed by atoms with Crippen molar-refractivity contribution in [3.63, 3.8) is 0 Å². The molecule has 0 aliphatic carbocycles. The van der Waals surface area contributed by atoms with E-state index in [0.29, 0.717) is 17.1 Å². The molecule has 0 radical (unpaired) electrons. The van der Waals surface area contributed by atoms with Crippen molar-refractivity contribution in [1.29, 1.82) is 5.26 Å². The highest BCUT2D eigenvalue weighted by atomic mass is 19.1. The highest BCUT2D eigenvalue weighted by Gasteiger charge is 2.21.